The maximum Gasteiger partial charge on any atom is 0.119 e. The normalized spacial score (nSPS) is 17.6. The number of hydrogen-bond acceptors (Lipinski definition) is 3. The van der Waals surface area contributed by atoms with Gasteiger partial charge in [0.1, 0.15) is 5.75 Å². The van der Waals surface area contributed by atoms with E-state index < -0.39 is 0 Å². The molecule has 1 heterocycles. The molecule has 0 bridgehead atoms. The van der Waals surface area contributed by atoms with Gasteiger partial charge in [-0.3, -0.25) is 0 Å². The first-order chi connectivity index (χ1) is 10.3. The predicted molar refractivity (Wildman–Crippen MR) is 93.3 cm³/mol. The zero-order valence-corrected chi connectivity index (χ0v) is 14.3. The van der Waals surface area contributed by atoms with Crippen molar-refractivity contribution >= 4 is 11.8 Å². The fourth-order valence-electron chi connectivity index (χ4n) is 2.96. The van der Waals surface area contributed by atoms with Crippen LogP contribution in [0.25, 0.3) is 0 Å². The Bertz CT molecular complexity index is 404. The van der Waals surface area contributed by atoms with Crippen LogP contribution in [0.2, 0.25) is 0 Å². The second kappa shape index (κ2) is 9.37. The molecule has 1 unspecified atom stereocenters. The van der Waals surface area contributed by atoms with Crippen molar-refractivity contribution in [1.29, 1.82) is 0 Å². The van der Waals surface area contributed by atoms with Crippen molar-refractivity contribution in [3.05, 3.63) is 29.8 Å². The summed E-state index contributed by atoms with van der Waals surface area (Å²) >= 11 is 2.11. The molecule has 1 N–H and O–H groups in total. The summed E-state index contributed by atoms with van der Waals surface area (Å²) in [6.45, 7) is 6.10. The summed E-state index contributed by atoms with van der Waals surface area (Å²) in [7, 11) is 0. The van der Waals surface area contributed by atoms with Crippen molar-refractivity contribution in [2.24, 2.45) is 5.92 Å². The van der Waals surface area contributed by atoms with Crippen LogP contribution in [-0.2, 0) is 0 Å². The van der Waals surface area contributed by atoms with E-state index in [1.165, 1.54) is 42.8 Å². The van der Waals surface area contributed by atoms with Crippen molar-refractivity contribution in [2.45, 2.75) is 45.6 Å². The first-order valence-corrected chi connectivity index (χ1v) is 9.52. The third kappa shape index (κ3) is 5.55. The highest BCUT2D eigenvalue weighted by Gasteiger charge is 2.20. The van der Waals surface area contributed by atoms with Gasteiger partial charge in [0.05, 0.1) is 6.61 Å². The number of thioether (sulfide) groups is 1. The SMILES string of the molecule is CCCNC(CC1CCSCC1)c1cccc(OCC)c1. The van der Waals surface area contributed by atoms with Crippen molar-refractivity contribution in [3.8, 4) is 5.75 Å². The van der Waals surface area contributed by atoms with Crippen molar-refractivity contribution in [3.63, 3.8) is 0 Å². The minimum Gasteiger partial charge on any atom is -0.494 e. The molecule has 1 aliphatic heterocycles. The molecule has 1 atom stereocenters. The molecule has 2 nitrogen and oxygen atoms in total. The lowest BCUT2D eigenvalue weighted by Crippen LogP contribution is -2.26. The standard InChI is InChI=1S/C18H29NOS/c1-3-10-19-18(13-15-8-11-21-12-9-15)16-6-5-7-17(14-16)20-4-2/h5-7,14-15,18-19H,3-4,8-13H2,1-2H3. The van der Waals surface area contributed by atoms with Crippen molar-refractivity contribution in [2.75, 3.05) is 24.7 Å². The lowest BCUT2D eigenvalue weighted by atomic mass is 9.90. The summed E-state index contributed by atoms with van der Waals surface area (Å²) in [5, 5.41) is 3.74. The van der Waals surface area contributed by atoms with Gasteiger partial charge < -0.3 is 10.1 Å². The Morgan fingerprint density at radius 1 is 1.29 bits per heavy atom. The highest BCUT2D eigenvalue weighted by atomic mass is 32.2. The fraction of sp³-hybridized carbons (Fsp3) is 0.667. The maximum absolute atomic E-state index is 5.66. The van der Waals surface area contributed by atoms with Gasteiger partial charge in [0.15, 0.2) is 0 Å². The van der Waals surface area contributed by atoms with Gasteiger partial charge >= 0.3 is 0 Å². The van der Waals surface area contributed by atoms with Gasteiger partial charge in [0.2, 0.25) is 0 Å². The molecule has 0 aromatic heterocycles. The van der Waals surface area contributed by atoms with E-state index in [2.05, 4.69) is 48.3 Å². The van der Waals surface area contributed by atoms with Crippen LogP contribution in [0.15, 0.2) is 24.3 Å². The van der Waals surface area contributed by atoms with Crippen molar-refractivity contribution < 1.29 is 4.74 Å². The zero-order valence-electron chi connectivity index (χ0n) is 13.4. The first kappa shape index (κ1) is 16.7. The number of hydrogen-bond donors (Lipinski definition) is 1. The average molecular weight is 308 g/mol. The molecule has 1 aromatic rings. The van der Waals surface area contributed by atoms with Crippen LogP contribution in [0.5, 0.6) is 5.75 Å². The number of ether oxygens (including phenoxy) is 1. The minimum atomic E-state index is 0.471. The Hall–Kier alpha value is -0.670. The minimum absolute atomic E-state index is 0.471. The molecule has 1 aromatic carbocycles. The molecule has 0 radical (unpaired) electrons. The van der Waals surface area contributed by atoms with Crippen LogP contribution in [0.1, 0.15) is 51.1 Å². The highest BCUT2D eigenvalue weighted by Crippen LogP contribution is 2.32. The third-order valence-corrected chi connectivity index (χ3v) is 5.17. The van der Waals surface area contributed by atoms with Gasteiger partial charge in [0.25, 0.3) is 0 Å². The third-order valence-electron chi connectivity index (χ3n) is 4.12. The molecule has 0 aliphatic carbocycles. The van der Waals surface area contributed by atoms with Gasteiger partial charge in [-0.15, -0.1) is 0 Å². The average Bonchev–Trinajstić information content (AvgIpc) is 2.53. The van der Waals surface area contributed by atoms with E-state index in [0.717, 1.165) is 24.8 Å². The van der Waals surface area contributed by atoms with E-state index in [1.54, 1.807) is 0 Å². The largest absolute Gasteiger partial charge is 0.494 e. The van der Waals surface area contributed by atoms with E-state index >= 15 is 0 Å². The van der Waals surface area contributed by atoms with E-state index in [1.807, 2.05) is 6.92 Å². The van der Waals surface area contributed by atoms with E-state index in [-0.39, 0.29) is 0 Å². The molecule has 1 fully saturated rings. The Kier molecular flexibility index (Phi) is 7.45. The summed E-state index contributed by atoms with van der Waals surface area (Å²) in [6, 6.07) is 9.11. The van der Waals surface area contributed by atoms with Gasteiger partial charge in [-0.05, 0) is 74.3 Å². The second-order valence-electron chi connectivity index (χ2n) is 5.80. The molecular weight excluding hydrogens is 278 g/mol. The molecule has 118 valence electrons. The lowest BCUT2D eigenvalue weighted by molar-refractivity contribution is 0.337. The van der Waals surface area contributed by atoms with Gasteiger partial charge in [-0.1, -0.05) is 19.1 Å². The Morgan fingerprint density at radius 3 is 2.81 bits per heavy atom. The lowest BCUT2D eigenvalue weighted by Gasteiger charge is -2.27. The smallest absolute Gasteiger partial charge is 0.119 e. The van der Waals surface area contributed by atoms with Gasteiger partial charge in [-0.25, -0.2) is 0 Å². The molecule has 0 spiro atoms. The molecule has 21 heavy (non-hydrogen) atoms. The second-order valence-corrected chi connectivity index (χ2v) is 7.03. The Labute approximate surface area is 134 Å². The molecular formula is C18H29NOS. The molecule has 2 rings (SSSR count). The number of benzene rings is 1. The molecule has 1 aliphatic rings. The monoisotopic (exact) mass is 307 g/mol. The van der Waals surface area contributed by atoms with Gasteiger partial charge in [-0.2, -0.15) is 11.8 Å². The summed E-state index contributed by atoms with van der Waals surface area (Å²) < 4.78 is 5.66. The summed E-state index contributed by atoms with van der Waals surface area (Å²) in [5.74, 6) is 4.54. The van der Waals surface area contributed by atoms with Crippen molar-refractivity contribution in [1.82, 2.24) is 5.32 Å². The predicted octanol–water partition coefficient (Wildman–Crippen LogP) is 4.66. The van der Waals surface area contributed by atoms with Crippen LogP contribution in [-0.4, -0.2) is 24.7 Å². The van der Waals surface area contributed by atoms with Gasteiger partial charge in [0, 0.05) is 6.04 Å². The molecule has 3 heteroatoms. The number of nitrogens with one attached hydrogen (secondary N) is 1. The quantitative estimate of drug-likeness (QED) is 0.755. The van der Waals surface area contributed by atoms with E-state index in [0.29, 0.717) is 6.04 Å². The summed E-state index contributed by atoms with van der Waals surface area (Å²) in [6.07, 6.45) is 5.19. The van der Waals surface area contributed by atoms with E-state index in [4.69, 9.17) is 4.74 Å². The van der Waals surface area contributed by atoms with Crippen LogP contribution >= 0.6 is 11.8 Å². The molecule has 0 saturated carbocycles. The Balaban J connectivity index is 2.04. The van der Waals surface area contributed by atoms with Crippen LogP contribution < -0.4 is 10.1 Å². The maximum atomic E-state index is 5.66. The first-order valence-electron chi connectivity index (χ1n) is 8.37. The summed E-state index contributed by atoms with van der Waals surface area (Å²) in [5.41, 5.74) is 1.38. The summed E-state index contributed by atoms with van der Waals surface area (Å²) in [4.78, 5) is 0. The van der Waals surface area contributed by atoms with Crippen LogP contribution in [0.3, 0.4) is 0 Å². The molecule has 0 amide bonds. The molecule has 1 saturated heterocycles. The van der Waals surface area contributed by atoms with E-state index in [9.17, 15) is 0 Å². The highest BCUT2D eigenvalue weighted by molar-refractivity contribution is 7.99. The van der Waals surface area contributed by atoms with Crippen LogP contribution in [0, 0.1) is 5.92 Å². The fourth-order valence-corrected chi connectivity index (χ4v) is 4.16. The Morgan fingerprint density at radius 2 is 2.10 bits per heavy atom. The number of rotatable bonds is 8. The van der Waals surface area contributed by atoms with Crippen LogP contribution in [0.4, 0.5) is 0 Å². The zero-order chi connectivity index (χ0) is 14.9. The topological polar surface area (TPSA) is 21.3 Å².